The molecule has 0 spiro atoms. The molecule has 1 aliphatic rings. The van der Waals surface area contributed by atoms with Crippen LogP contribution < -0.4 is 0 Å². The summed E-state index contributed by atoms with van der Waals surface area (Å²) in [6.45, 7) is 2.24. The third kappa shape index (κ3) is 2.40. The van der Waals surface area contributed by atoms with Gasteiger partial charge in [0.25, 0.3) is 0 Å². The second kappa shape index (κ2) is 5.02. The Morgan fingerprint density at radius 3 is 2.35 bits per heavy atom. The molecule has 0 bridgehead atoms. The number of hydrogen-bond donors (Lipinski definition) is 0. The van der Waals surface area contributed by atoms with Gasteiger partial charge < -0.3 is 0 Å². The number of halogens is 1. The molecule has 0 saturated heterocycles. The maximum Gasteiger partial charge on any atom is 0.304 e. The van der Waals surface area contributed by atoms with E-state index in [1.807, 2.05) is 12.1 Å². The van der Waals surface area contributed by atoms with E-state index >= 15 is 0 Å². The number of hydrogen-bond acceptors (Lipinski definition) is 3. The highest BCUT2D eigenvalue weighted by atomic mass is 19.1. The molecule has 102 valence electrons. The maximum absolute atomic E-state index is 13.6. The van der Waals surface area contributed by atoms with Crippen LogP contribution in [0.3, 0.4) is 0 Å². The van der Waals surface area contributed by atoms with Crippen LogP contribution in [-0.2, 0) is 19.6 Å². The van der Waals surface area contributed by atoms with Gasteiger partial charge in [-0.15, -0.1) is 0 Å². The molecule has 1 aliphatic heterocycles. The number of nitrogens with zero attached hydrogens (tertiary/aromatic N) is 2. The van der Waals surface area contributed by atoms with Crippen molar-refractivity contribution in [2.24, 2.45) is 0 Å². The second-order valence-electron chi connectivity index (χ2n) is 4.96. The fraction of sp³-hybridized carbons (Fsp3) is 0.200. The first-order chi connectivity index (χ1) is 9.63. The van der Waals surface area contributed by atoms with Crippen molar-refractivity contribution >= 4 is 5.69 Å². The lowest BCUT2D eigenvalue weighted by molar-refractivity contribution is -0.387. The van der Waals surface area contributed by atoms with Gasteiger partial charge >= 0.3 is 5.69 Å². The normalized spacial score (nSPS) is 14.2. The monoisotopic (exact) mass is 272 g/mol. The minimum Gasteiger partial charge on any atom is -0.291 e. The quantitative estimate of drug-likeness (QED) is 0.636. The molecule has 0 N–H and O–H groups in total. The molecule has 0 amide bonds. The van der Waals surface area contributed by atoms with Gasteiger partial charge in [0.15, 0.2) is 0 Å². The highest BCUT2D eigenvalue weighted by Crippen LogP contribution is 2.25. The van der Waals surface area contributed by atoms with E-state index in [1.165, 1.54) is 23.3 Å². The van der Waals surface area contributed by atoms with Crippen molar-refractivity contribution in [2.75, 3.05) is 0 Å². The zero-order chi connectivity index (χ0) is 14.1. The van der Waals surface area contributed by atoms with Crippen molar-refractivity contribution in [2.45, 2.75) is 19.6 Å². The SMILES string of the molecule is O=[N+]([O-])c1ccc(CN2Cc3ccccc3C2)cc1F. The predicted molar refractivity (Wildman–Crippen MR) is 72.4 cm³/mol. The predicted octanol–water partition coefficient (Wildman–Crippen LogP) is 3.25. The Labute approximate surface area is 115 Å². The van der Waals surface area contributed by atoms with E-state index < -0.39 is 16.4 Å². The first-order valence-corrected chi connectivity index (χ1v) is 6.35. The molecular weight excluding hydrogens is 259 g/mol. The third-order valence-electron chi connectivity index (χ3n) is 3.52. The molecule has 0 fully saturated rings. The van der Waals surface area contributed by atoms with Crippen LogP contribution in [0, 0.1) is 15.9 Å². The molecule has 0 saturated carbocycles. The molecule has 0 aliphatic carbocycles. The Morgan fingerprint density at radius 2 is 1.80 bits per heavy atom. The van der Waals surface area contributed by atoms with E-state index in [4.69, 9.17) is 0 Å². The zero-order valence-electron chi connectivity index (χ0n) is 10.8. The van der Waals surface area contributed by atoms with Gasteiger partial charge in [-0.25, -0.2) is 0 Å². The Kier molecular flexibility index (Phi) is 3.20. The molecule has 0 aromatic heterocycles. The second-order valence-corrected chi connectivity index (χ2v) is 4.96. The topological polar surface area (TPSA) is 46.4 Å². The third-order valence-corrected chi connectivity index (χ3v) is 3.52. The van der Waals surface area contributed by atoms with Crippen molar-refractivity contribution in [3.63, 3.8) is 0 Å². The first-order valence-electron chi connectivity index (χ1n) is 6.35. The smallest absolute Gasteiger partial charge is 0.291 e. The molecule has 20 heavy (non-hydrogen) atoms. The fourth-order valence-corrected chi connectivity index (χ4v) is 2.57. The van der Waals surface area contributed by atoms with Crippen LogP contribution in [0.15, 0.2) is 42.5 Å². The molecule has 4 nitrogen and oxygen atoms in total. The summed E-state index contributed by atoms with van der Waals surface area (Å²) in [7, 11) is 0. The summed E-state index contributed by atoms with van der Waals surface area (Å²) < 4.78 is 13.6. The number of rotatable bonds is 3. The van der Waals surface area contributed by atoms with Gasteiger partial charge in [0, 0.05) is 25.7 Å². The summed E-state index contributed by atoms with van der Waals surface area (Å²) in [5.74, 6) is -0.774. The fourth-order valence-electron chi connectivity index (χ4n) is 2.57. The molecule has 0 unspecified atom stereocenters. The van der Waals surface area contributed by atoms with Crippen molar-refractivity contribution in [1.82, 2.24) is 4.90 Å². The van der Waals surface area contributed by atoms with E-state index in [9.17, 15) is 14.5 Å². The van der Waals surface area contributed by atoms with Crippen LogP contribution in [0.1, 0.15) is 16.7 Å². The summed E-state index contributed by atoms with van der Waals surface area (Å²) in [5, 5.41) is 10.6. The molecule has 0 radical (unpaired) electrons. The van der Waals surface area contributed by atoms with Gasteiger partial charge in [0.05, 0.1) is 4.92 Å². The highest BCUT2D eigenvalue weighted by molar-refractivity contribution is 5.35. The van der Waals surface area contributed by atoms with Gasteiger partial charge in [-0.3, -0.25) is 15.0 Å². The minimum absolute atomic E-state index is 0.474. The van der Waals surface area contributed by atoms with Gasteiger partial charge in [-0.1, -0.05) is 30.3 Å². The van der Waals surface area contributed by atoms with E-state index in [-0.39, 0.29) is 0 Å². The molecule has 5 heteroatoms. The van der Waals surface area contributed by atoms with E-state index in [2.05, 4.69) is 17.0 Å². The highest BCUT2D eigenvalue weighted by Gasteiger charge is 2.19. The van der Waals surface area contributed by atoms with Crippen LogP contribution in [0.2, 0.25) is 0 Å². The Bertz CT molecular complexity index is 648. The van der Waals surface area contributed by atoms with Gasteiger partial charge in [-0.05, 0) is 22.8 Å². The number of benzene rings is 2. The maximum atomic E-state index is 13.6. The average Bonchev–Trinajstić information content (AvgIpc) is 2.80. The number of fused-ring (bicyclic) bond motifs is 1. The van der Waals surface area contributed by atoms with Crippen LogP contribution in [0.25, 0.3) is 0 Å². The molecule has 1 heterocycles. The van der Waals surface area contributed by atoms with Gasteiger partial charge in [0.1, 0.15) is 0 Å². The zero-order valence-corrected chi connectivity index (χ0v) is 10.8. The summed E-state index contributed by atoms with van der Waals surface area (Å²) in [6, 6.07) is 12.3. The van der Waals surface area contributed by atoms with Crippen LogP contribution >= 0.6 is 0 Å². The van der Waals surface area contributed by atoms with Crippen molar-refractivity contribution in [3.8, 4) is 0 Å². The molecule has 2 aromatic carbocycles. The first kappa shape index (κ1) is 12.7. The van der Waals surface area contributed by atoms with Crippen LogP contribution in [-0.4, -0.2) is 9.82 Å². The Balaban J connectivity index is 1.74. The van der Waals surface area contributed by atoms with Crippen LogP contribution in [0.4, 0.5) is 10.1 Å². The summed E-state index contributed by atoms with van der Waals surface area (Å²) >= 11 is 0. The molecule has 2 aromatic rings. The summed E-state index contributed by atoms with van der Waals surface area (Å²) in [5.41, 5.74) is 2.85. The van der Waals surface area contributed by atoms with Crippen molar-refractivity contribution in [1.29, 1.82) is 0 Å². The van der Waals surface area contributed by atoms with E-state index in [0.29, 0.717) is 6.54 Å². The van der Waals surface area contributed by atoms with Gasteiger partial charge in [0.2, 0.25) is 5.82 Å². The molecule has 3 rings (SSSR count). The Hall–Kier alpha value is -2.27. The Morgan fingerprint density at radius 1 is 1.15 bits per heavy atom. The summed E-state index contributed by atoms with van der Waals surface area (Å²) in [6.07, 6.45) is 0. The van der Waals surface area contributed by atoms with Crippen molar-refractivity contribution < 1.29 is 9.31 Å². The number of nitro benzene ring substituents is 1. The van der Waals surface area contributed by atoms with E-state index in [0.717, 1.165) is 18.7 Å². The largest absolute Gasteiger partial charge is 0.304 e. The molecule has 0 atom stereocenters. The lowest BCUT2D eigenvalue weighted by Crippen LogP contribution is -2.15. The molecular formula is C15H13FN2O2. The lowest BCUT2D eigenvalue weighted by atomic mass is 10.1. The van der Waals surface area contributed by atoms with Crippen molar-refractivity contribution in [3.05, 3.63) is 75.1 Å². The van der Waals surface area contributed by atoms with Crippen LogP contribution in [0.5, 0.6) is 0 Å². The number of nitro groups is 1. The lowest BCUT2D eigenvalue weighted by Gasteiger charge is -2.14. The average molecular weight is 272 g/mol. The standard InChI is InChI=1S/C15H13FN2O2/c16-14-7-11(5-6-15(14)18(19)20)8-17-9-12-3-1-2-4-13(12)10-17/h1-7H,8-10H2. The minimum atomic E-state index is -0.774. The van der Waals surface area contributed by atoms with Gasteiger partial charge in [-0.2, -0.15) is 4.39 Å². The summed E-state index contributed by atoms with van der Waals surface area (Å²) in [4.78, 5) is 12.1. The van der Waals surface area contributed by atoms with E-state index in [1.54, 1.807) is 6.07 Å².